The topological polar surface area (TPSA) is 34.9 Å². The normalized spacial score (nSPS) is 10.4. The number of aryl methyl sites for hydroxylation is 1. The molecule has 0 aliphatic carbocycles. The van der Waals surface area contributed by atoms with Gasteiger partial charge in [0.2, 0.25) is 0 Å². The van der Waals surface area contributed by atoms with Gasteiger partial charge < -0.3 is 4.57 Å². The average Bonchev–Trinajstić information content (AvgIpc) is 2.19. The van der Waals surface area contributed by atoms with Crippen molar-refractivity contribution in [2.75, 3.05) is 0 Å². The summed E-state index contributed by atoms with van der Waals surface area (Å²) in [5, 5.41) is 0.0583. The van der Waals surface area contributed by atoms with Crippen LogP contribution >= 0.6 is 11.6 Å². The van der Waals surface area contributed by atoms with E-state index in [2.05, 4.69) is 11.9 Å². The third kappa shape index (κ3) is 3.14. The molecule has 0 saturated carbocycles. The SMILES string of the molecule is CCCCCCn1ccnc(Cl)c1=O. The first kappa shape index (κ1) is 11.2. The molecule has 1 aromatic heterocycles. The maximum atomic E-state index is 11.4. The van der Waals surface area contributed by atoms with Gasteiger partial charge in [0.25, 0.3) is 5.56 Å². The summed E-state index contributed by atoms with van der Waals surface area (Å²) in [6, 6.07) is 0. The summed E-state index contributed by atoms with van der Waals surface area (Å²) in [6.07, 6.45) is 7.83. The second-order valence-corrected chi connectivity index (χ2v) is 3.64. The smallest absolute Gasteiger partial charge is 0.288 e. The highest BCUT2D eigenvalue weighted by Gasteiger charge is 2.00. The van der Waals surface area contributed by atoms with E-state index >= 15 is 0 Å². The molecule has 0 unspecified atom stereocenters. The van der Waals surface area contributed by atoms with E-state index in [0.29, 0.717) is 0 Å². The van der Waals surface area contributed by atoms with Gasteiger partial charge in [-0.15, -0.1) is 0 Å². The lowest BCUT2D eigenvalue weighted by molar-refractivity contribution is 0.568. The summed E-state index contributed by atoms with van der Waals surface area (Å²) in [4.78, 5) is 15.1. The Hall–Kier alpha value is -0.830. The van der Waals surface area contributed by atoms with E-state index in [0.717, 1.165) is 19.4 Å². The van der Waals surface area contributed by atoms with E-state index in [9.17, 15) is 4.79 Å². The van der Waals surface area contributed by atoms with Crippen molar-refractivity contribution in [2.24, 2.45) is 0 Å². The maximum absolute atomic E-state index is 11.4. The van der Waals surface area contributed by atoms with Crippen molar-refractivity contribution >= 4 is 11.6 Å². The number of halogens is 1. The minimum absolute atomic E-state index is 0.0583. The van der Waals surface area contributed by atoms with Gasteiger partial charge in [0.1, 0.15) is 0 Å². The highest BCUT2D eigenvalue weighted by molar-refractivity contribution is 6.29. The molecule has 0 N–H and O–H groups in total. The minimum Gasteiger partial charge on any atom is -0.311 e. The van der Waals surface area contributed by atoms with Crippen molar-refractivity contribution in [1.29, 1.82) is 0 Å². The van der Waals surface area contributed by atoms with Crippen molar-refractivity contribution in [3.05, 3.63) is 27.9 Å². The molecular weight excluding hydrogens is 200 g/mol. The van der Waals surface area contributed by atoms with Crippen LogP contribution in [0.15, 0.2) is 17.2 Å². The lowest BCUT2D eigenvalue weighted by Crippen LogP contribution is -2.20. The summed E-state index contributed by atoms with van der Waals surface area (Å²) >= 11 is 5.61. The van der Waals surface area contributed by atoms with Crippen molar-refractivity contribution in [2.45, 2.75) is 39.2 Å². The second-order valence-electron chi connectivity index (χ2n) is 3.28. The Morgan fingerprint density at radius 1 is 1.43 bits per heavy atom. The van der Waals surface area contributed by atoms with Crippen LogP contribution in [0.1, 0.15) is 32.6 Å². The lowest BCUT2D eigenvalue weighted by atomic mass is 10.2. The molecule has 0 aliphatic heterocycles. The fourth-order valence-corrected chi connectivity index (χ4v) is 1.47. The number of hydrogen-bond donors (Lipinski definition) is 0. The highest BCUT2D eigenvalue weighted by atomic mass is 35.5. The standard InChI is InChI=1S/C10H15ClN2O/c1-2-3-4-5-7-13-8-6-12-9(11)10(13)14/h6,8H,2-5,7H2,1H3. The van der Waals surface area contributed by atoms with Gasteiger partial charge in [0, 0.05) is 18.9 Å². The van der Waals surface area contributed by atoms with Crippen molar-refractivity contribution < 1.29 is 0 Å². The van der Waals surface area contributed by atoms with Crippen LogP contribution in [-0.4, -0.2) is 9.55 Å². The third-order valence-electron chi connectivity index (χ3n) is 2.12. The molecule has 1 rings (SSSR count). The van der Waals surface area contributed by atoms with Crippen LogP contribution in [0.5, 0.6) is 0 Å². The molecule has 0 spiro atoms. The molecule has 1 aromatic rings. The first-order chi connectivity index (χ1) is 6.75. The first-order valence-electron chi connectivity index (χ1n) is 4.96. The average molecular weight is 215 g/mol. The fraction of sp³-hybridized carbons (Fsp3) is 0.600. The lowest BCUT2D eigenvalue weighted by Gasteiger charge is -2.04. The highest BCUT2D eigenvalue weighted by Crippen LogP contribution is 2.01. The summed E-state index contributed by atoms with van der Waals surface area (Å²) in [5.41, 5.74) is -0.189. The Balaban J connectivity index is 2.51. The predicted molar refractivity (Wildman–Crippen MR) is 57.6 cm³/mol. The molecule has 4 heteroatoms. The van der Waals surface area contributed by atoms with Gasteiger partial charge >= 0.3 is 0 Å². The Morgan fingerprint density at radius 3 is 2.93 bits per heavy atom. The van der Waals surface area contributed by atoms with Crippen LogP contribution in [-0.2, 0) is 6.54 Å². The zero-order valence-corrected chi connectivity index (χ0v) is 9.13. The van der Waals surface area contributed by atoms with Crippen LogP contribution in [0, 0.1) is 0 Å². The molecular formula is C10H15ClN2O. The maximum Gasteiger partial charge on any atom is 0.288 e. The van der Waals surface area contributed by atoms with Crippen molar-refractivity contribution in [1.82, 2.24) is 9.55 Å². The van der Waals surface area contributed by atoms with Crippen LogP contribution in [0.4, 0.5) is 0 Å². The minimum atomic E-state index is -0.189. The van der Waals surface area contributed by atoms with E-state index < -0.39 is 0 Å². The number of hydrogen-bond acceptors (Lipinski definition) is 2. The zero-order valence-electron chi connectivity index (χ0n) is 8.37. The first-order valence-corrected chi connectivity index (χ1v) is 5.34. The van der Waals surface area contributed by atoms with Crippen LogP contribution in [0.3, 0.4) is 0 Å². The molecule has 0 atom stereocenters. The van der Waals surface area contributed by atoms with E-state index in [1.807, 2.05) is 0 Å². The van der Waals surface area contributed by atoms with Crippen LogP contribution in [0.25, 0.3) is 0 Å². The Bertz CT molecular complexity index is 335. The summed E-state index contributed by atoms with van der Waals surface area (Å²) in [7, 11) is 0. The van der Waals surface area contributed by atoms with Gasteiger partial charge in [0.15, 0.2) is 5.15 Å². The van der Waals surface area contributed by atoms with Gasteiger partial charge in [-0.2, -0.15) is 0 Å². The molecule has 0 saturated heterocycles. The predicted octanol–water partition coefficient (Wildman–Crippen LogP) is 2.48. The summed E-state index contributed by atoms with van der Waals surface area (Å²) in [5.74, 6) is 0. The van der Waals surface area contributed by atoms with E-state index in [1.165, 1.54) is 12.8 Å². The number of unbranched alkanes of at least 4 members (excludes halogenated alkanes) is 3. The molecule has 0 bridgehead atoms. The van der Waals surface area contributed by atoms with E-state index in [-0.39, 0.29) is 10.7 Å². The van der Waals surface area contributed by atoms with Crippen molar-refractivity contribution in [3.8, 4) is 0 Å². The van der Waals surface area contributed by atoms with Gasteiger partial charge in [-0.25, -0.2) is 4.98 Å². The van der Waals surface area contributed by atoms with E-state index in [1.54, 1.807) is 17.0 Å². The Morgan fingerprint density at radius 2 is 2.21 bits per heavy atom. The molecule has 14 heavy (non-hydrogen) atoms. The molecule has 0 amide bonds. The molecule has 0 aromatic carbocycles. The summed E-state index contributed by atoms with van der Waals surface area (Å²) in [6.45, 7) is 2.90. The largest absolute Gasteiger partial charge is 0.311 e. The number of aromatic nitrogens is 2. The molecule has 0 fully saturated rings. The molecule has 3 nitrogen and oxygen atoms in total. The van der Waals surface area contributed by atoms with Gasteiger partial charge in [-0.05, 0) is 6.42 Å². The third-order valence-corrected chi connectivity index (χ3v) is 2.38. The summed E-state index contributed by atoms with van der Waals surface area (Å²) < 4.78 is 1.62. The molecule has 78 valence electrons. The fourth-order valence-electron chi connectivity index (χ4n) is 1.31. The van der Waals surface area contributed by atoms with Crippen molar-refractivity contribution in [3.63, 3.8) is 0 Å². The Labute approximate surface area is 88.7 Å². The quantitative estimate of drug-likeness (QED) is 0.706. The number of nitrogens with zero attached hydrogens (tertiary/aromatic N) is 2. The van der Waals surface area contributed by atoms with Gasteiger partial charge in [0.05, 0.1) is 0 Å². The molecule has 1 heterocycles. The Kier molecular flexibility index (Phi) is 4.66. The van der Waals surface area contributed by atoms with Gasteiger partial charge in [-0.3, -0.25) is 4.79 Å². The zero-order chi connectivity index (χ0) is 10.4. The number of rotatable bonds is 5. The monoisotopic (exact) mass is 214 g/mol. The van der Waals surface area contributed by atoms with Crippen LogP contribution < -0.4 is 5.56 Å². The van der Waals surface area contributed by atoms with Crippen LogP contribution in [0.2, 0.25) is 5.15 Å². The molecule has 0 aliphatic rings. The van der Waals surface area contributed by atoms with E-state index in [4.69, 9.17) is 11.6 Å². The van der Waals surface area contributed by atoms with Gasteiger partial charge in [-0.1, -0.05) is 37.8 Å². The second kappa shape index (κ2) is 5.81. The molecule has 0 radical (unpaired) electrons.